The van der Waals surface area contributed by atoms with Crippen LogP contribution in [0.3, 0.4) is 0 Å². The molecule has 1 fully saturated rings. The van der Waals surface area contributed by atoms with Crippen molar-refractivity contribution in [2.45, 2.75) is 65.0 Å². The molecule has 2 aromatic heterocycles. The molecule has 0 radical (unpaired) electrons. The fraction of sp³-hybridized carbons (Fsp3) is 0.600. The highest BCUT2D eigenvalue weighted by molar-refractivity contribution is 5.94. The normalized spacial score (nSPS) is 19.6. The molecule has 28 heavy (non-hydrogen) atoms. The standard InChI is InChI=1S/C20H27N5O3/c1-3-14-6-4-5-8-25(14)20(27)19-16-7-9-24(12-17(16)21-22-19)18(26)11-15-10-13(2)23-28-15/h10,14H,3-9,11-12H2,1-2H3,(H,21,22). The number of aromatic nitrogens is 3. The number of carbonyl (C=O) groups is 2. The van der Waals surface area contributed by atoms with Crippen LogP contribution in [0.2, 0.25) is 0 Å². The van der Waals surface area contributed by atoms with Crippen molar-refractivity contribution in [1.29, 1.82) is 0 Å². The summed E-state index contributed by atoms with van der Waals surface area (Å²) in [4.78, 5) is 29.5. The second-order valence-corrected chi connectivity index (χ2v) is 7.76. The first-order chi connectivity index (χ1) is 13.6. The first-order valence-electron chi connectivity index (χ1n) is 10.1. The molecule has 8 heteroatoms. The maximum atomic E-state index is 13.1. The minimum Gasteiger partial charge on any atom is -0.361 e. The summed E-state index contributed by atoms with van der Waals surface area (Å²) in [5, 5.41) is 11.2. The van der Waals surface area contributed by atoms with Crippen LogP contribution in [0.4, 0.5) is 0 Å². The number of likely N-dealkylation sites (tertiary alicyclic amines) is 1. The molecule has 2 aliphatic heterocycles. The third-order valence-corrected chi connectivity index (χ3v) is 5.85. The average molecular weight is 385 g/mol. The van der Waals surface area contributed by atoms with Crippen molar-refractivity contribution in [2.75, 3.05) is 13.1 Å². The van der Waals surface area contributed by atoms with Crippen molar-refractivity contribution in [2.24, 2.45) is 0 Å². The van der Waals surface area contributed by atoms with Gasteiger partial charge in [0.2, 0.25) is 5.91 Å². The lowest BCUT2D eigenvalue weighted by Crippen LogP contribution is -2.44. The zero-order valence-electron chi connectivity index (χ0n) is 16.5. The summed E-state index contributed by atoms with van der Waals surface area (Å²) in [6.45, 7) is 5.80. The first kappa shape index (κ1) is 18.7. The Morgan fingerprint density at radius 1 is 1.32 bits per heavy atom. The molecule has 1 atom stereocenters. The van der Waals surface area contributed by atoms with E-state index in [4.69, 9.17) is 4.52 Å². The summed E-state index contributed by atoms with van der Waals surface area (Å²) in [7, 11) is 0. The second-order valence-electron chi connectivity index (χ2n) is 7.76. The largest absolute Gasteiger partial charge is 0.361 e. The maximum absolute atomic E-state index is 13.1. The molecule has 1 N–H and O–H groups in total. The summed E-state index contributed by atoms with van der Waals surface area (Å²) in [5.74, 6) is 0.594. The second kappa shape index (κ2) is 7.77. The van der Waals surface area contributed by atoms with E-state index in [-0.39, 0.29) is 18.2 Å². The third-order valence-electron chi connectivity index (χ3n) is 5.85. The quantitative estimate of drug-likeness (QED) is 0.871. The van der Waals surface area contributed by atoms with Gasteiger partial charge in [-0.15, -0.1) is 0 Å². The summed E-state index contributed by atoms with van der Waals surface area (Å²) >= 11 is 0. The van der Waals surface area contributed by atoms with Crippen LogP contribution in [0.1, 0.15) is 65.8 Å². The van der Waals surface area contributed by atoms with Gasteiger partial charge in [-0.25, -0.2) is 0 Å². The number of piperidine rings is 1. The molecule has 4 rings (SSSR count). The smallest absolute Gasteiger partial charge is 0.274 e. The van der Waals surface area contributed by atoms with Crippen LogP contribution in [0.15, 0.2) is 10.6 Å². The van der Waals surface area contributed by atoms with Gasteiger partial charge in [-0.05, 0) is 39.0 Å². The number of aromatic amines is 1. The topological polar surface area (TPSA) is 95.3 Å². The van der Waals surface area contributed by atoms with Crippen molar-refractivity contribution >= 4 is 11.8 Å². The fourth-order valence-corrected chi connectivity index (χ4v) is 4.30. The van der Waals surface area contributed by atoms with E-state index in [0.29, 0.717) is 37.0 Å². The van der Waals surface area contributed by atoms with Crippen molar-refractivity contribution in [1.82, 2.24) is 25.2 Å². The molecule has 0 saturated carbocycles. The fourth-order valence-electron chi connectivity index (χ4n) is 4.30. The Bertz CT molecular complexity index is 871. The summed E-state index contributed by atoms with van der Waals surface area (Å²) in [6.07, 6.45) is 5.11. The molecule has 0 bridgehead atoms. The monoisotopic (exact) mass is 385 g/mol. The van der Waals surface area contributed by atoms with Crippen molar-refractivity contribution < 1.29 is 14.1 Å². The molecule has 8 nitrogen and oxygen atoms in total. The maximum Gasteiger partial charge on any atom is 0.274 e. The van der Waals surface area contributed by atoms with Gasteiger partial charge >= 0.3 is 0 Å². The molecule has 4 heterocycles. The van der Waals surface area contributed by atoms with E-state index in [1.807, 2.05) is 11.8 Å². The Balaban J connectivity index is 1.45. The van der Waals surface area contributed by atoms with Gasteiger partial charge in [0.05, 0.1) is 24.4 Å². The molecule has 1 saturated heterocycles. The van der Waals surface area contributed by atoms with Gasteiger partial charge in [-0.3, -0.25) is 14.7 Å². The number of aryl methyl sites for hydroxylation is 1. The third kappa shape index (κ3) is 3.55. The van der Waals surface area contributed by atoms with Crippen molar-refractivity contribution in [3.05, 3.63) is 34.5 Å². The lowest BCUT2D eigenvalue weighted by Gasteiger charge is -2.35. The molecule has 1 unspecified atom stereocenters. The Morgan fingerprint density at radius 3 is 2.93 bits per heavy atom. The summed E-state index contributed by atoms with van der Waals surface area (Å²) < 4.78 is 5.15. The lowest BCUT2D eigenvalue weighted by molar-refractivity contribution is -0.131. The van der Waals surface area contributed by atoms with Crippen LogP contribution in [-0.2, 0) is 24.2 Å². The minimum absolute atomic E-state index is 0.00801. The predicted octanol–water partition coefficient (Wildman–Crippen LogP) is 2.24. The minimum atomic E-state index is -0.00801. The molecular formula is C20H27N5O3. The van der Waals surface area contributed by atoms with E-state index in [1.54, 1.807) is 11.0 Å². The highest BCUT2D eigenvalue weighted by Gasteiger charge is 2.32. The Hall–Kier alpha value is -2.64. The average Bonchev–Trinajstić information content (AvgIpc) is 3.32. The van der Waals surface area contributed by atoms with Crippen LogP contribution < -0.4 is 0 Å². The van der Waals surface area contributed by atoms with Crippen LogP contribution in [-0.4, -0.2) is 56.1 Å². The van der Waals surface area contributed by atoms with Gasteiger partial charge in [0.25, 0.3) is 5.91 Å². The number of carbonyl (C=O) groups excluding carboxylic acids is 2. The zero-order valence-corrected chi connectivity index (χ0v) is 16.5. The molecule has 150 valence electrons. The highest BCUT2D eigenvalue weighted by atomic mass is 16.5. The number of amides is 2. The predicted molar refractivity (Wildman–Crippen MR) is 102 cm³/mol. The van der Waals surface area contributed by atoms with E-state index in [1.165, 1.54) is 6.42 Å². The van der Waals surface area contributed by atoms with Gasteiger partial charge in [-0.1, -0.05) is 12.1 Å². The van der Waals surface area contributed by atoms with Crippen LogP contribution in [0.25, 0.3) is 0 Å². The Kier molecular flexibility index (Phi) is 5.19. The van der Waals surface area contributed by atoms with Crippen molar-refractivity contribution in [3.8, 4) is 0 Å². The number of hydrogen-bond acceptors (Lipinski definition) is 5. The van der Waals surface area contributed by atoms with E-state index >= 15 is 0 Å². The van der Waals surface area contributed by atoms with E-state index in [9.17, 15) is 9.59 Å². The number of H-pyrrole nitrogens is 1. The number of nitrogens with zero attached hydrogens (tertiary/aromatic N) is 4. The van der Waals surface area contributed by atoms with Gasteiger partial charge < -0.3 is 14.3 Å². The summed E-state index contributed by atoms with van der Waals surface area (Å²) in [6, 6.07) is 2.09. The van der Waals surface area contributed by atoms with Gasteiger partial charge in [-0.2, -0.15) is 5.10 Å². The van der Waals surface area contributed by atoms with Gasteiger partial charge in [0.1, 0.15) is 5.76 Å². The zero-order chi connectivity index (χ0) is 19.7. The molecule has 0 aliphatic carbocycles. The number of rotatable bonds is 4. The molecule has 0 spiro atoms. The van der Waals surface area contributed by atoms with Gasteiger partial charge in [0.15, 0.2) is 5.69 Å². The first-order valence-corrected chi connectivity index (χ1v) is 10.1. The molecular weight excluding hydrogens is 358 g/mol. The van der Waals surface area contributed by atoms with Crippen molar-refractivity contribution in [3.63, 3.8) is 0 Å². The molecule has 0 aromatic carbocycles. The highest BCUT2D eigenvalue weighted by Crippen LogP contribution is 2.26. The SMILES string of the molecule is CCC1CCCCN1C(=O)c1n[nH]c2c1CCN(C(=O)Cc1cc(C)no1)C2. The van der Waals surface area contributed by atoms with E-state index in [2.05, 4.69) is 22.3 Å². The number of hydrogen-bond donors (Lipinski definition) is 1. The number of fused-ring (bicyclic) bond motifs is 1. The van der Waals surface area contributed by atoms with Crippen LogP contribution in [0, 0.1) is 6.92 Å². The molecule has 2 amide bonds. The van der Waals surface area contributed by atoms with E-state index < -0.39 is 0 Å². The number of nitrogens with one attached hydrogen (secondary N) is 1. The molecule has 2 aromatic rings. The van der Waals surface area contributed by atoms with E-state index in [0.717, 1.165) is 42.8 Å². The Morgan fingerprint density at radius 2 is 2.18 bits per heavy atom. The van der Waals surface area contributed by atoms with Crippen LogP contribution in [0.5, 0.6) is 0 Å². The van der Waals surface area contributed by atoms with Crippen LogP contribution >= 0.6 is 0 Å². The Labute approximate surface area is 164 Å². The lowest BCUT2D eigenvalue weighted by atomic mass is 9.98. The molecule has 2 aliphatic rings. The summed E-state index contributed by atoms with van der Waals surface area (Å²) in [5.41, 5.74) is 3.13. The van der Waals surface area contributed by atoms with Gasteiger partial charge in [0, 0.05) is 30.8 Å².